The van der Waals surface area contributed by atoms with Crippen LogP contribution in [0.3, 0.4) is 0 Å². The fraction of sp³-hybridized carbons (Fsp3) is 0.200. The van der Waals surface area contributed by atoms with Crippen molar-refractivity contribution in [1.29, 1.82) is 0 Å². The Morgan fingerprint density at radius 1 is 1.07 bits per heavy atom. The second-order valence-electron chi connectivity index (χ2n) is 7.48. The van der Waals surface area contributed by atoms with Crippen LogP contribution in [0.15, 0.2) is 71.7 Å². The number of aryl methyl sites for hydroxylation is 1. The van der Waals surface area contributed by atoms with Gasteiger partial charge in [-0.15, -0.1) is 0 Å². The van der Waals surface area contributed by atoms with Crippen LogP contribution in [0.2, 0.25) is 0 Å². The van der Waals surface area contributed by atoms with Gasteiger partial charge in [0.1, 0.15) is 0 Å². The lowest BCUT2D eigenvalue weighted by atomic mass is 9.98. The van der Waals surface area contributed by atoms with Gasteiger partial charge >= 0.3 is 0 Å². The number of amides is 1. The van der Waals surface area contributed by atoms with Gasteiger partial charge in [-0.2, -0.15) is 0 Å². The fourth-order valence-electron chi connectivity index (χ4n) is 3.74. The number of aliphatic imine (C=N–C) groups is 1. The molecule has 0 fully saturated rings. The molecule has 0 spiro atoms. The van der Waals surface area contributed by atoms with Gasteiger partial charge in [0.25, 0.3) is 5.91 Å². The van der Waals surface area contributed by atoms with E-state index in [0.717, 1.165) is 28.8 Å². The van der Waals surface area contributed by atoms with E-state index in [0.29, 0.717) is 18.5 Å². The van der Waals surface area contributed by atoms with E-state index < -0.39 is 0 Å². The van der Waals surface area contributed by atoms with Crippen molar-refractivity contribution >= 4 is 12.1 Å². The minimum atomic E-state index is -0.104. The summed E-state index contributed by atoms with van der Waals surface area (Å²) in [6.45, 7) is 3.31. The number of hydrogen-bond donors (Lipinski definition) is 2. The van der Waals surface area contributed by atoms with Crippen molar-refractivity contribution in [2.75, 3.05) is 6.54 Å². The molecule has 1 heterocycles. The Balaban J connectivity index is 1.57. The molecule has 146 valence electrons. The van der Waals surface area contributed by atoms with E-state index in [4.69, 9.17) is 5.73 Å². The first-order chi connectivity index (χ1) is 14.1. The number of benzene rings is 3. The molecule has 0 saturated carbocycles. The third-order valence-corrected chi connectivity index (χ3v) is 5.30. The summed E-state index contributed by atoms with van der Waals surface area (Å²) < 4.78 is 0. The van der Waals surface area contributed by atoms with Crippen LogP contribution in [0, 0.1) is 6.92 Å². The smallest absolute Gasteiger partial charge is 0.251 e. The summed E-state index contributed by atoms with van der Waals surface area (Å²) in [6, 6.07) is 22.2. The number of hydrogen-bond acceptors (Lipinski definition) is 3. The van der Waals surface area contributed by atoms with Crippen LogP contribution in [-0.4, -0.2) is 18.7 Å². The van der Waals surface area contributed by atoms with E-state index >= 15 is 0 Å². The topological polar surface area (TPSA) is 67.5 Å². The van der Waals surface area contributed by atoms with E-state index in [9.17, 15) is 4.79 Å². The predicted molar refractivity (Wildman–Crippen MR) is 118 cm³/mol. The lowest BCUT2D eigenvalue weighted by Gasteiger charge is -2.19. The lowest BCUT2D eigenvalue weighted by Crippen LogP contribution is -2.30. The van der Waals surface area contributed by atoms with Crippen LogP contribution in [0.25, 0.3) is 11.1 Å². The van der Waals surface area contributed by atoms with Crippen LogP contribution < -0.4 is 11.1 Å². The van der Waals surface area contributed by atoms with E-state index in [1.807, 2.05) is 42.6 Å². The largest absolute Gasteiger partial charge is 0.345 e. The van der Waals surface area contributed by atoms with Crippen LogP contribution in [0.1, 0.15) is 45.1 Å². The first-order valence-corrected chi connectivity index (χ1v) is 9.95. The maximum atomic E-state index is 13.0. The molecule has 4 rings (SSSR count). The summed E-state index contributed by atoms with van der Waals surface area (Å²) in [5, 5.41) is 3.16. The average molecular weight is 383 g/mol. The third-order valence-electron chi connectivity index (χ3n) is 5.30. The highest BCUT2D eigenvalue weighted by Gasteiger charge is 2.16. The van der Waals surface area contributed by atoms with Gasteiger partial charge in [0, 0.05) is 11.8 Å². The molecule has 4 heteroatoms. The van der Waals surface area contributed by atoms with Crippen LogP contribution in [0.4, 0.5) is 0 Å². The number of rotatable bonds is 6. The highest BCUT2D eigenvalue weighted by atomic mass is 16.1. The molecule has 1 aliphatic rings. The van der Waals surface area contributed by atoms with Crippen molar-refractivity contribution in [3.63, 3.8) is 0 Å². The zero-order valence-corrected chi connectivity index (χ0v) is 16.6. The molecule has 1 amide bonds. The SMILES string of the molecule is Cc1cccc(C(CCN)NC(=O)c2cccc(-c3ccc4c(c3)C=NC4)c2)c1. The van der Waals surface area contributed by atoms with E-state index in [-0.39, 0.29) is 11.9 Å². The van der Waals surface area contributed by atoms with Gasteiger partial charge in [0.05, 0.1) is 12.6 Å². The number of carbonyl (C=O) groups is 1. The van der Waals surface area contributed by atoms with Crippen LogP contribution in [-0.2, 0) is 6.54 Å². The standard InChI is InChI=1S/C25H25N3O/c1-17-4-2-6-20(12-17)24(10-11-26)28-25(29)21-7-3-5-18(13-21)19-8-9-22-15-27-16-23(22)14-19/h2-9,12-14,16,24H,10-11,15,26H2,1H3,(H,28,29). The molecule has 1 atom stereocenters. The van der Waals surface area contributed by atoms with Gasteiger partial charge in [-0.05, 0) is 65.9 Å². The molecule has 0 saturated heterocycles. The fourth-order valence-corrected chi connectivity index (χ4v) is 3.74. The Bertz CT molecular complexity index is 1070. The second kappa shape index (κ2) is 8.41. The molecule has 0 radical (unpaired) electrons. The van der Waals surface area contributed by atoms with E-state index in [1.54, 1.807) is 0 Å². The summed E-state index contributed by atoms with van der Waals surface area (Å²) >= 11 is 0. The molecule has 0 aromatic heterocycles. The minimum absolute atomic E-state index is 0.0884. The maximum Gasteiger partial charge on any atom is 0.251 e. The van der Waals surface area contributed by atoms with Gasteiger partial charge < -0.3 is 11.1 Å². The highest BCUT2D eigenvalue weighted by molar-refractivity contribution is 5.96. The monoisotopic (exact) mass is 383 g/mol. The zero-order chi connectivity index (χ0) is 20.2. The molecular formula is C25H25N3O. The van der Waals surface area contributed by atoms with Crippen molar-refractivity contribution in [2.24, 2.45) is 10.7 Å². The number of nitrogens with zero attached hydrogens (tertiary/aromatic N) is 1. The molecule has 3 aromatic carbocycles. The summed E-state index contributed by atoms with van der Waals surface area (Å²) in [6.07, 6.45) is 2.60. The zero-order valence-electron chi connectivity index (χ0n) is 16.6. The Hall–Kier alpha value is -3.24. The molecule has 3 aromatic rings. The van der Waals surface area contributed by atoms with Crippen molar-refractivity contribution in [2.45, 2.75) is 25.9 Å². The third kappa shape index (κ3) is 4.28. The Labute approximate surface area is 171 Å². The number of nitrogens with two attached hydrogens (primary N) is 1. The Morgan fingerprint density at radius 3 is 2.72 bits per heavy atom. The van der Waals surface area contributed by atoms with Crippen molar-refractivity contribution in [3.05, 3.63) is 94.5 Å². The Kier molecular flexibility index (Phi) is 5.54. The quantitative estimate of drug-likeness (QED) is 0.662. The average Bonchev–Trinajstić information content (AvgIpc) is 3.21. The molecule has 0 aliphatic carbocycles. The van der Waals surface area contributed by atoms with Gasteiger partial charge in [-0.25, -0.2) is 0 Å². The van der Waals surface area contributed by atoms with Crippen LogP contribution in [0.5, 0.6) is 0 Å². The second-order valence-corrected chi connectivity index (χ2v) is 7.48. The molecule has 1 aliphatic heterocycles. The van der Waals surface area contributed by atoms with Crippen molar-refractivity contribution in [3.8, 4) is 11.1 Å². The van der Waals surface area contributed by atoms with E-state index in [2.05, 4.69) is 47.6 Å². The van der Waals surface area contributed by atoms with Gasteiger partial charge in [0.2, 0.25) is 0 Å². The Morgan fingerprint density at radius 2 is 1.90 bits per heavy atom. The highest BCUT2D eigenvalue weighted by Crippen LogP contribution is 2.26. The van der Waals surface area contributed by atoms with Gasteiger partial charge in [-0.1, -0.05) is 54.1 Å². The molecule has 3 N–H and O–H groups in total. The van der Waals surface area contributed by atoms with Gasteiger partial charge in [0.15, 0.2) is 0 Å². The predicted octanol–water partition coefficient (Wildman–Crippen LogP) is 4.41. The molecule has 29 heavy (non-hydrogen) atoms. The van der Waals surface area contributed by atoms with Crippen molar-refractivity contribution in [1.82, 2.24) is 5.32 Å². The maximum absolute atomic E-state index is 13.0. The van der Waals surface area contributed by atoms with Crippen molar-refractivity contribution < 1.29 is 4.79 Å². The molecular weight excluding hydrogens is 358 g/mol. The summed E-state index contributed by atoms with van der Waals surface area (Å²) in [5.41, 5.74) is 13.2. The molecule has 4 nitrogen and oxygen atoms in total. The minimum Gasteiger partial charge on any atom is -0.345 e. The number of carbonyl (C=O) groups excluding carboxylic acids is 1. The first kappa shape index (κ1) is 19.1. The summed E-state index contributed by atoms with van der Waals surface area (Å²) in [7, 11) is 0. The van der Waals surface area contributed by atoms with Crippen LogP contribution >= 0.6 is 0 Å². The van der Waals surface area contributed by atoms with E-state index in [1.165, 1.54) is 11.1 Å². The molecule has 1 unspecified atom stereocenters. The first-order valence-electron chi connectivity index (χ1n) is 9.95. The normalized spacial score (nSPS) is 13.2. The lowest BCUT2D eigenvalue weighted by molar-refractivity contribution is 0.0935. The number of fused-ring (bicyclic) bond motifs is 1. The van der Waals surface area contributed by atoms with Gasteiger partial charge in [-0.3, -0.25) is 9.79 Å². The summed E-state index contributed by atoms with van der Waals surface area (Å²) in [5.74, 6) is -0.0884. The summed E-state index contributed by atoms with van der Waals surface area (Å²) in [4.78, 5) is 17.3. The molecule has 0 bridgehead atoms. The number of nitrogens with one attached hydrogen (secondary N) is 1.